The van der Waals surface area contributed by atoms with Crippen molar-refractivity contribution in [2.45, 2.75) is 6.92 Å². The first-order valence-electron chi connectivity index (χ1n) is 10.6. The number of rotatable bonds is 6. The summed E-state index contributed by atoms with van der Waals surface area (Å²) in [6.07, 6.45) is 1.75. The number of nitrogens with one attached hydrogen (secondary N) is 3. The molecule has 0 spiro atoms. The first-order chi connectivity index (χ1) is 16.5. The summed E-state index contributed by atoms with van der Waals surface area (Å²) in [4.78, 5) is 17.2. The standard InChI is InChI=1S/C25H21ClN8/c1-15-4-2-3-5-20(15)31-25-33-23(27)32-24(34-25)30-18-9-7-17(8-10-18)29-21-12-13-28-22-14-16(26)6-11-19(21)22/h2-14H,1H3,(H,28,29)(H4,27,30,31,32,33,34). The van der Waals surface area contributed by atoms with E-state index in [4.69, 9.17) is 17.3 Å². The summed E-state index contributed by atoms with van der Waals surface area (Å²) in [5, 5.41) is 11.4. The largest absolute Gasteiger partial charge is 0.368 e. The van der Waals surface area contributed by atoms with E-state index in [0.29, 0.717) is 16.9 Å². The van der Waals surface area contributed by atoms with E-state index in [9.17, 15) is 0 Å². The number of nitrogens with zero attached hydrogens (tertiary/aromatic N) is 4. The number of nitrogen functional groups attached to an aromatic ring is 1. The molecule has 0 radical (unpaired) electrons. The number of aromatic nitrogens is 4. The van der Waals surface area contributed by atoms with Crippen molar-refractivity contribution in [2.24, 2.45) is 0 Å². The van der Waals surface area contributed by atoms with Gasteiger partial charge < -0.3 is 21.7 Å². The highest BCUT2D eigenvalue weighted by Gasteiger charge is 2.08. The number of fused-ring (bicyclic) bond motifs is 1. The maximum Gasteiger partial charge on any atom is 0.233 e. The monoisotopic (exact) mass is 468 g/mol. The SMILES string of the molecule is Cc1ccccc1Nc1nc(N)nc(Nc2ccc(Nc3ccnc4cc(Cl)ccc34)cc2)n1. The van der Waals surface area contributed by atoms with Crippen LogP contribution in [-0.2, 0) is 0 Å². The molecule has 2 heterocycles. The summed E-state index contributed by atoms with van der Waals surface area (Å²) in [5.74, 6) is 0.838. The Morgan fingerprint density at radius 3 is 2.21 bits per heavy atom. The lowest BCUT2D eigenvalue weighted by atomic mass is 10.2. The van der Waals surface area contributed by atoms with E-state index in [1.165, 1.54) is 0 Å². The summed E-state index contributed by atoms with van der Waals surface area (Å²) in [6.45, 7) is 2.01. The van der Waals surface area contributed by atoms with E-state index in [-0.39, 0.29) is 5.95 Å². The quantitative estimate of drug-likeness (QED) is 0.233. The summed E-state index contributed by atoms with van der Waals surface area (Å²) < 4.78 is 0. The molecule has 9 heteroatoms. The Labute approximate surface area is 201 Å². The lowest BCUT2D eigenvalue weighted by molar-refractivity contribution is 1.07. The molecule has 0 unspecified atom stereocenters. The lowest BCUT2D eigenvalue weighted by Crippen LogP contribution is -2.07. The first kappa shape index (κ1) is 21.4. The van der Waals surface area contributed by atoms with Crippen molar-refractivity contribution >= 4 is 63.1 Å². The van der Waals surface area contributed by atoms with Gasteiger partial charge in [-0.05, 0) is 67.1 Å². The number of halogens is 1. The van der Waals surface area contributed by atoms with Gasteiger partial charge in [0.1, 0.15) is 0 Å². The molecule has 0 saturated carbocycles. The predicted molar refractivity (Wildman–Crippen MR) is 138 cm³/mol. The smallest absolute Gasteiger partial charge is 0.233 e. The topological polar surface area (TPSA) is 114 Å². The second-order valence-corrected chi connectivity index (χ2v) is 8.06. The number of nitrogens with two attached hydrogens (primary N) is 1. The number of hydrogen-bond acceptors (Lipinski definition) is 8. The van der Waals surface area contributed by atoms with Crippen LogP contribution < -0.4 is 21.7 Å². The third-order valence-corrected chi connectivity index (χ3v) is 5.40. The van der Waals surface area contributed by atoms with Gasteiger partial charge in [-0.3, -0.25) is 4.98 Å². The van der Waals surface area contributed by atoms with E-state index in [1.54, 1.807) is 6.20 Å². The van der Waals surface area contributed by atoms with Crippen LogP contribution in [-0.4, -0.2) is 19.9 Å². The zero-order valence-electron chi connectivity index (χ0n) is 18.2. The summed E-state index contributed by atoms with van der Waals surface area (Å²) in [7, 11) is 0. The van der Waals surface area contributed by atoms with Gasteiger partial charge in [0.15, 0.2) is 0 Å². The second-order valence-electron chi connectivity index (χ2n) is 7.63. The van der Waals surface area contributed by atoms with Crippen LogP contribution in [0.25, 0.3) is 10.9 Å². The highest BCUT2D eigenvalue weighted by atomic mass is 35.5. The van der Waals surface area contributed by atoms with Crippen molar-refractivity contribution in [1.29, 1.82) is 0 Å². The van der Waals surface area contributed by atoms with Crippen LogP contribution in [0, 0.1) is 6.92 Å². The van der Waals surface area contributed by atoms with E-state index >= 15 is 0 Å². The molecule has 3 aromatic carbocycles. The van der Waals surface area contributed by atoms with Crippen molar-refractivity contribution in [1.82, 2.24) is 19.9 Å². The van der Waals surface area contributed by atoms with Crippen LogP contribution in [0.1, 0.15) is 5.56 Å². The van der Waals surface area contributed by atoms with Crippen LogP contribution in [0.4, 0.5) is 40.6 Å². The molecule has 0 atom stereocenters. The summed E-state index contributed by atoms with van der Waals surface area (Å²) >= 11 is 6.09. The number of hydrogen-bond donors (Lipinski definition) is 4. The van der Waals surface area contributed by atoms with E-state index in [1.807, 2.05) is 79.7 Å². The Kier molecular flexibility index (Phi) is 5.80. The molecule has 2 aromatic heterocycles. The first-order valence-corrected chi connectivity index (χ1v) is 10.9. The molecule has 0 aliphatic heterocycles. The normalized spacial score (nSPS) is 10.8. The van der Waals surface area contributed by atoms with Gasteiger partial charge in [-0.1, -0.05) is 29.8 Å². The molecule has 0 aliphatic rings. The molecule has 34 heavy (non-hydrogen) atoms. The highest BCUT2D eigenvalue weighted by Crippen LogP contribution is 2.28. The molecule has 0 fully saturated rings. The molecule has 5 rings (SSSR count). The molecular weight excluding hydrogens is 448 g/mol. The fourth-order valence-electron chi connectivity index (χ4n) is 3.49. The second kappa shape index (κ2) is 9.21. The third kappa shape index (κ3) is 4.82. The third-order valence-electron chi connectivity index (χ3n) is 5.17. The average molecular weight is 469 g/mol. The fourth-order valence-corrected chi connectivity index (χ4v) is 3.66. The predicted octanol–water partition coefficient (Wildman–Crippen LogP) is 6.19. The van der Waals surface area contributed by atoms with Crippen molar-refractivity contribution in [3.63, 3.8) is 0 Å². The van der Waals surface area contributed by atoms with Gasteiger partial charge in [0, 0.05) is 39.4 Å². The van der Waals surface area contributed by atoms with Gasteiger partial charge in [-0.2, -0.15) is 15.0 Å². The molecule has 5 aromatic rings. The van der Waals surface area contributed by atoms with Crippen LogP contribution >= 0.6 is 11.6 Å². The Hall–Kier alpha value is -4.43. The van der Waals surface area contributed by atoms with Crippen LogP contribution in [0.5, 0.6) is 0 Å². The fraction of sp³-hybridized carbons (Fsp3) is 0.0400. The molecule has 5 N–H and O–H groups in total. The lowest BCUT2D eigenvalue weighted by Gasteiger charge is -2.12. The van der Waals surface area contributed by atoms with Gasteiger partial charge in [-0.25, -0.2) is 0 Å². The molecule has 0 saturated heterocycles. The van der Waals surface area contributed by atoms with E-state index in [0.717, 1.165) is 39.2 Å². The number of anilines is 7. The highest BCUT2D eigenvalue weighted by molar-refractivity contribution is 6.31. The van der Waals surface area contributed by atoms with Gasteiger partial charge in [0.05, 0.1) is 5.52 Å². The Balaban J connectivity index is 1.32. The van der Waals surface area contributed by atoms with E-state index < -0.39 is 0 Å². The van der Waals surface area contributed by atoms with Crippen LogP contribution in [0.2, 0.25) is 5.02 Å². The molecule has 168 valence electrons. The van der Waals surface area contributed by atoms with Crippen molar-refractivity contribution < 1.29 is 0 Å². The Morgan fingerprint density at radius 1 is 0.735 bits per heavy atom. The van der Waals surface area contributed by atoms with Gasteiger partial charge in [-0.15, -0.1) is 0 Å². The summed E-state index contributed by atoms with van der Waals surface area (Å²) in [6, 6.07) is 23.2. The average Bonchev–Trinajstić information content (AvgIpc) is 2.81. The minimum absolute atomic E-state index is 0.122. The van der Waals surface area contributed by atoms with Gasteiger partial charge in [0.25, 0.3) is 0 Å². The maximum absolute atomic E-state index is 6.09. The number of benzene rings is 3. The molecule has 8 nitrogen and oxygen atoms in total. The molecule has 0 aliphatic carbocycles. The van der Waals surface area contributed by atoms with E-state index in [2.05, 4.69) is 35.9 Å². The number of pyridine rings is 1. The maximum atomic E-state index is 6.09. The van der Waals surface area contributed by atoms with Crippen LogP contribution in [0.3, 0.4) is 0 Å². The van der Waals surface area contributed by atoms with Crippen LogP contribution in [0.15, 0.2) is 79.0 Å². The van der Waals surface area contributed by atoms with Crippen molar-refractivity contribution in [2.75, 3.05) is 21.7 Å². The Bertz CT molecular complexity index is 1470. The zero-order chi connectivity index (χ0) is 23.5. The summed E-state index contributed by atoms with van der Waals surface area (Å²) in [5.41, 5.74) is 11.4. The molecule has 0 amide bonds. The van der Waals surface area contributed by atoms with Gasteiger partial charge in [0.2, 0.25) is 17.8 Å². The number of aryl methyl sites for hydroxylation is 1. The molecule has 0 bridgehead atoms. The van der Waals surface area contributed by atoms with Gasteiger partial charge >= 0.3 is 0 Å². The minimum atomic E-state index is 0.122. The van der Waals surface area contributed by atoms with Crippen molar-refractivity contribution in [3.8, 4) is 0 Å². The molecular formula is C25H21ClN8. The Morgan fingerprint density at radius 2 is 1.44 bits per heavy atom. The minimum Gasteiger partial charge on any atom is -0.368 e. The van der Waals surface area contributed by atoms with Crippen molar-refractivity contribution in [3.05, 3.63) is 89.6 Å². The zero-order valence-corrected chi connectivity index (χ0v) is 19.0. The number of para-hydroxylation sites is 1.